The van der Waals surface area contributed by atoms with Crippen molar-refractivity contribution in [3.05, 3.63) is 0 Å². The Morgan fingerprint density at radius 2 is 1.74 bits per heavy atom. The molecule has 1 saturated carbocycles. The van der Waals surface area contributed by atoms with Crippen molar-refractivity contribution in [3.8, 4) is 0 Å². The summed E-state index contributed by atoms with van der Waals surface area (Å²) in [6, 6.07) is -0.518. The molecule has 0 bridgehead atoms. The van der Waals surface area contributed by atoms with Gasteiger partial charge in [0.15, 0.2) is 5.79 Å². The number of esters is 1. The minimum Gasteiger partial charge on any atom is -0.465 e. The molecule has 1 N–H and O–H groups in total. The van der Waals surface area contributed by atoms with Gasteiger partial charge >= 0.3 is 12.1 Å². The fraction of sp³-hybridized carbons (Fsp3) is 0.833. The summed E-state index contributed by atoms with van der Waals surface area (Å²) in [6.07, 6.45) is -1.11. The SMILES string of the molecule is CC(=O)NN(C(=O)OC(C)(C)C)[C@@H]1C[C@H](COC(C)=O)[C@H]2OC(C)(C)O[C@H]21. The lowest BCUT2D eigenvalue weighted by Gasteiger charge is -2.34. The second-order valence-electron chi connectivity index (χ2n) is 8.45. The van der Waals surface area contributed by atoms with Crippen LogP contribution in [-0.2, 0) is 28.5 Å². The summed E-state index contributed by atoms with van der Waals surface area (Å²) in [6.45, 7) is 11.6. The lowest BCUT2D eigenvalue weighted by Crippen LogP contribution is -2.56. The van der Waals surface area contributed by atoms with Crippen LogP contribution in [0.4, 0.5) is 4.79 Å². The van der Waals surface area contributed by atoms with Crippen molar-refractivity contribution in [3.63, 3.8) is 0 Å². The molecule has 0 aromatic heterocycles. The van der Waals surface area contributed by atoms with Gasteiger partial charge in [-0.2, -0.15) is 0 Å². The van der Waals surface area contributed by atoms with Crippen LogP contribution in [0.15, 0.2) is 0 Å². The molecule has 9 heteroatoms. The van der Waals surface area contributed by atoms with E-state index in [0.717, 1.165) is 0 Å². The highest BCUT2D eigenvalue weighted by Crippen LogP contribution is 2.43. The van der Waals surface area contributed by atoms with E-state index in [9.17, 15) is 14.4 Å². The van der Waals surface area contributed by atoms with E-state index >= 15 is 0 Å². The lowest BCUT2D eigenvalue weighted by atomic mass is 10.1. The van der Waals surface area contributed by atoms with Crippen molar-refractivity contribution >= 4 is 18.0 Å². The van der Waals surface area contributed by atoms with Crippen LogP contribution in [0.1, 0.15) is 54.9 Å². The van der Waals surface area contributed by atoms with Gasteiger partial charge < -0.3 is 18.9 Å². The summed E-state index contributed by atoms with van der Waals surface area (Å²) in [5, 5.41) is 1.17. The maximum Gasteiger partial charge on any atom is 0.429 e. The zero-order valence-electron chi connectivity index (χ0n) is 17.0. The van der Waals surface area contributed by atoms with Gasteiger partial charge in [-0.3, -0.25) is 15.0 Å². The molecule has 0 unspecified atom stereocenters. The molecule has 1 aliphatic heterocycles. The number of nitrogens with zero attached hydrogens (tertiary/aromatic N) is 1. The topological polar surface area (TPSA) is 103 Å². The number of hydrogen-bond donors (Lipinski definition) is 1. The van der Waals surface area contributed by atoms with E-state index in [1.165, 1.54) is 18.9 Å². The second kappa shape index (κ2) is 7.63. The number of hydrazine groups is 1. The van der Waals surface area contributed by atoms with Gasteiger partial charge in [-0.1, -0.05) is 0 Å². The van der Waals surface area contributed by atoms with E-state index in [2.05, 4.69) is 5.43 Å². The maximum absolute atomic E-state index is 12.7. The molecule has 0 radical (unpaired) electrons. The first-order valence-electron chi connectivity index (χ1n) is 9.07. The van der Waals surface area contributed by atoms with Gasteiger partial charge in [0.25, 0.3) is 0 Å². The van der Waals surface area contributed by atoms with Crippen LogP contribution < -0.4 is 5.43 Å². The van der Waals surface area contributed by atoms with E-state index in [1.54, 1.807) is 34.6 Å². The van der Waals surface area contributed by atoms with Crippen LogP contribution >= 0.6 is 0 Å². The molecule has 0 aromatic carbocycles. The van der Waals surface area contributed by atoms with Crippen LogP contribution in [0, 0.1) is 5.92 Å². The smallest absolute Gasteiger partial charge is 0.429 e. The molecule has 2 fully saturated rings. The van der Waals surface area contributed by atoms with E-state index in [4.69, 9.17) is 18.9 Å². The van der Waals surface area contributed by atoms with Crippen LogP contribution in [-0.4, -0.2) is 59.2 Å². The zero-order valence-corrected chi connectivity index (χ0v) is 17.0. The van der Waals surface area contributed by atoms with E-state index in [0.29, 0.717) is 6.42 Å². The van der Waals surface area contributed by atoms with Gasteiger partial charge in [0.1, 0.15) is 11.7 Å². The molecule has 1 saturated heterocycles. The van der Waals surface area contributed by atoms with Crippen LogP contribution in [0.2, 0.25) is 0 Å². The van der Waals surface area contributed by atoms with Crippen molar-refractivity contribution in [2.24, 2.45) is 5.92 Å². The highest BCUT2D eigenvalue weighted by Gasteiger charge is 2.57. The number of carbonyl (C=O) groups excluding carboxylic acids is 3. The number of ether oxygens (including phenoxy) is 4. The summed E-state index contributed by atoms with van der Waals surface area (Å²) in [4.78, 5) is 35.6. The van der Waals surface area contributed by atoms with Crippen LogP contribution in [0.5, 0.6) is 0 Å². The Bertz CT molecular complexity index is 599. The second-order valence-corrected chi connectivity index (χ2v) is 8.45. The minimum absolute atomic E-state index is 0.147. The van der Waals surface area contributed by atoms with Crippen molar-refractivity contribution in [1.29, 1.82) is 0 Å². The summed E-state index contributed by atoms with van der Waals surface area (Å²) in [7, 11) is 0. The molecule has 4 atom stereocenters. The summed E-state index contributed by atoms with van der Waals surface area (Å²) in [5.74, 6) is -1.82. The van der Waals surface area contributed by atoms with Crippen LogP contribution in [0.25, 0.3) is 0 Å². The molecule has 1 heterocycles. The summed E-state index contributed by atoms with van der Waals surface area (Å²) < 4.78 is 22.6. The molecule has 2 aliphatic rings. The minimum atomic E-state index is -0.849. The van der Waals surface area contributed by atoms with E-state index in [1.807, 2.05) is 0 Å². The molecule has 2 rings (SSSR count). The van der Waals surface area contributed by atoms with Gasteiger partial charge in [0.05, 0.1) is 18.8 Å². The van der Waals surface area contributed by atoms with Crippen molar-refractivity contribution < 1.29 is 33.3 Å². The summed E-state index contributed by atoms with van der Waals surface area (Å²) in [5.41, 5.74) is 1.82. The Labute approximate surface area is 159 Å². The molecule has 27 heavy (non-hydrogen) atoms. The van der Waals surface area contributed by atoms with Crippen LogP contribution in [0.3, 0.4) is 0 Å². The van der Waals surface area contributed by atoms with Crippen molar-refractivity contribution in [1.82, 2.24) is 10.4 Å². The van der Waals surface area contributed by atoms with Crippen molar-refractivity contribution in [2.45, 2.75) is 84.5 Å². The first kappa shape index (κ1) is 21.4. The van der Waals surface area contributed by atoms with E-state index in [-0.39, 0.29) is 24.6 Å². The monoisotopic (exact) mass is 386 g/mol. The Morgan fingerprint density at radius 1 is 1.15 bits per heavy atom. The third-order valence-electron chi connectivity index (χ3n) is 4.25. The van der Waals surface area contributed by atoms with Gasteiger partial charge in [0, 0.05) is 19.8 Å². The molecule has 9 nitrogen and oxygen atoms in total. The number of carbonyl (C=O) groups is 3. The fourth-order valence-corrected chi connectivity index (χ4v) is 3.44. The lowest BCUT2D eigenvalue weighted by molar-refractivity contribution is -0.167. The Hall–Kier alpha value is -1.87. The van der Waals surface area contributed by atoms with E-state index < -0.39 is 35.5 Å². The van der Waals surface area contributed by atoms with Gasteiger partial charge in [0.2, 0.25) is 5.91 Å². The number of amides is 2. The molecule has 0 spiro atoms. The van der Waals surface area contributed by atoms with Gasteiger partial charge in [-0.15, -0.1) is 0 Å². The standard InChI is InChI=1S/C18H30N2O7/c1-10(21)19-20(16(23)27-17(3,4)5)13-8-12(9-24-11(2)22)14-15(13)26-18(6,7)25-14/h12-15H,8-9H2,1-7H3,(H,19,21)/t12-,13-,14-,15+/m1/s1. The first-order valence-corrected chi connectivity index (χ1v) is 9.07. The maximum atomic E-state index is 12.7. The normalized spacial score (nSPS) is 29.0. The molecule has 2 amide bonds. The quantitative estimate of drug-likeness (QED) is 0.582. The Balaban J connectivity index is 2.26. The average Bonchev–Trinajstić information content (AvgIpc) is 2.94. The molecule has 0 aromatic rings. The third-order valence-corrected chi connectivity index (χ3v) is 4.25. The molecular weight excluding hydrogens is 356 g/mol. The molecular formula is C18H30N2O7. The number of fused-ring (bicyclic) bond motifs is 1. The predicted octanol–water partition coefficient (Wildman–Crippen LogP) is 1.75. The zero-order chi connectivity index (χ0) is 20.6. The first-order chi connectivity index (χ1) is 12.3. The van der Waals surface area contributed by atoms with Crippen molar-refractivity contribution in [2.75, 3.05) is 6.61 Å². The van der Waals surface area contributed by atoms with Gasteiger partial charge in [-0.05, 0) is 41.0 Å². The largest absolute Gasteiger partial charge is 0.465 e. The highest BCUT2D eigenvalue weighted by molar-refractivity contribution is 5.77. The molecule has 154 valence electrons. The summed E-state index contributed by atoms with van der Waals surface area (Å²) >= 11 is 0. The number of hydrogen-bond acceptors (Lipinski definition) is 7. The predicted molar refractivity (Wildman–Crippen MR) is 94.2 cm³/mol. The van der Waals surface area contributed by atoms with Gasteiger partial charge in [-0.25, -0.2) is 9.80 Å². The highest BCUT2D eigenvalue weighted by atomic mass is 16.8. The Kier molecular flexibility index (Phi) is 6.06. The molecule has 1 aliphatic carbocycles. The Morgan fingerprint density at radius 3 is 2.26 bits per heavy atom. The number of rotatable bonds is 3. The third kappa shape index (κ3) is 5.55. The fourth-order valence-electron chi connectivity index (χ4n) is 3.44. The average molecular weight is 386 g/mol. The number of nitrogens with one attached hydrogen (secondary N) is 1.